The summed E-state index contributed by atoms with van der Waals surface area (Å²) in [5, 5.41) is 0. The third-order valence-corrected chi connectivity index (χ3v) is 3.27. The Labute approximate surface area is 116 Å². The first-order valence-corrected chi connectivity index (χ1v) is 6.52. The van der Waals surface area contributed by atoms with Gasteiger partial charge in [-0.15, -0.1) is 13.2 Å². The van der Waals surface area contributed by atoms with Gasteiger partial charge in [0, 0.05) is 39.1 Å². The Hall–Kier alpha value is -1.27. The fraction of sp³-hybridized carbons (Fsp3) is 0.500. The molecule has 0 aliphatic carbocycles. The zero-order valence-electron chi connectivity index (χ0n) is 11.4. The number of rotatable bonds is 4. The molecule has 0 bridgehead atoms. The first-order chi connectivity index (χ1) is 9.42. The van der Waals surface area contributed by atoms with Gasteiger partial charge in [0.25, 0.3) is 0 Å². The van der Waals surface area contributed by atoms with Crippen LogP contribution in [0.1, 0.15) is 5.56 Å². The molecule has 6 heteroatoms. The van der Waals surface area contributed by atoms with Crippen LogP contribution in [0.2, 0.25) is 0 Å². The van der Waals surface area contributed by atoms with Crippen LogP contribution in [0, 0.1) is 6.42 Å². The zero-order chi connectivity index (χ0) is 14.6. The van der Waals surface area contributed by atoms with Crippen molar-refractivity contribution >= 4 is 0 Å². The number of benzene rings is 1. The van der Waals surface area contributed by atoms with Gasteiger partial charge in [-0.25, -0.2) is 0 Å². The molecule has 1 aliphatic heterocycles. The summed E-state index contributed by atoms with van der Waals surface area (Å²) in [6.45, 7) is 4.73. The highest BCUT2D eigenvalue weighted by Crippen LogP contribution is 2.23. The van der Waals surface area contributed by atoms with Crippen molar-refractivity contribution < 1.29 is 17.9 Å². The fourth-order valence-corrected chi connectivity index (χ4v) is 2.10. The number of halogens is 3. The minimum absolute atomic E-state index is 0.176. The Morgan fingerprint density at radius 1 is 1.20 bits per heavy atom. The van der Waals surface area contributed by atoms with Crippen LogP contribution >= 0.6 is 0 Å². The monoisotopic (exact) mass is 287 g/mol. The lowest BCUT2D eigenvalue weighted by Crippen LogP contribution is -2.44. The van der Waals surface area contributed by atoms with Crippen molar-refractivity contribution in [3.8, 4) is 5.75 Å². The average molecular weight is 287 g/mol. The van der Waals surface area contributed by atoms with E-state index in [0.717, 1.165) is 38.3 Å². The van der Waals surface area contributed by atoms with E-state index in [4.69, 9.17) is 0 Å². The zero-order valence-corrected chi connectivity index (χ0v) is 11.4. The summed E-state index contributed by atoms with van der Waals surface area (Å²) in [5.74, 6) is -0.176. The van der Waals surface area contributed by atoms with Gasteiger partial charge in [-0.1, -0.05) is 12.1 Å². The molecule has 1 radical (unpaired) electrons. The summed E-state index contributed by atoms with van der Waals surface area (Å²) < 4.78 is 40.3. The van der Waals surface area contributed by atoms with Crippen molar-refractivity contribution in [3.63, 3.8) is 0 Å². The van der Waals surface area contributed by atoms with Gasteiger partial charge in [0.1, 0.15) is 5.75 Å². The molecule has 111 valence electrons. The minimum Gasteiger partial charge on any atom is -0.406 e. The Balaban J connectivity index is 1.85. The van der Waals surface area contributed by atoms with Crippen LogP contribution in [-0.4, -0.2) is 55.9 Å². The summed E-state index contributed by atoms with van der Waals surface area (Å²) >= 11 is 0. The summed E-state index contributed by atoms with van der Waals surface area (Å²) in [7, 11) is 2.08. The largest absolute Gasteiger partial charge is 0.573 e. The second-order valence-corrected chi connectivity index (χ2v) is 4.93. The van der Waals surface area contributed by atoms with E-state index in [-0.39, 0.29) is 5.75 Å². The van der Waals surface area contributed by atoms with Gasteiger partial charge >= 0.3 is 6.36 Å². The quantitative estimate of drug-likeness (QED) is 0.845. The maximum Gasteiger partial charge on any atom is 0.573 e. The van der Waals surface area contributed by atoms with Gasteiger partial charge < -0.3 is 14.5 Å². The van der Waals surface area contributed by atoms with Gasteiger partial charge in [-0.05, 0) is 24.7 Å². The number of likely N-dealkylation sites (N-methyl/N-ethyl adjacent to an activating group) is 1. The molecule has 0 saturated carbocycles. The highest BCUT2D eigenvalue weighted by molar-refractivity contribution is 5.33. The molecule has 20 heavy (non-hydrogen) atoms. The normalized spacial score (nSPS) is 18.2. The molecule has 0 spiro atoms. The third-order valence-electron chi connectivity index (χ3n) is 3.27. The molecule has 1 heterocycles. The van der Waals surface area contributed by atoms with E-state index in [2.05, 4.69) is 21.6 Å². The maximum atomic E-state index is 12.1. The van der Waals surface area contributed by atoms with Gasteiger partial charge in [0.05, 0.1) is 0 Å². The number of piperazine rings is 1. The molecule has 0 unspecified atom stereocenters. The fourth-order valence-electron chi connectivity index (χ4n) is 2.10. The molecule has 1 saturated heterocycles. The molecular weight excluding hydrogens is 269 g/mol. The lowest BCUT2D eigenvalue weighted by Gasteiger charge is -2.32. The second-order valence-electron chi connectivity index (χ2n) is 4.93. The highest BCUT2D eigenvalue weighted by atomic mass is 19.4. The van der Waals surface area contributed by atoms with Crippen molar-refractivity contribution in [1.82, 2.24) is 9.80 Å². The van der Waals surface area contributed by atoms with Gasteiger partial charge in [0.15, 0.2) is 0 Å². The Morgan fingerprint density at radius 3 is 2.55 bits per heavy atom. The van der Waals surface area contributed by atoms with E-state index in [9.17, 15) is 13.2 Å². The van der Waals surface area contributed by atoms with E-state index in [1.54, 1.807) is 12.1 Å². The molecule has 1 aromatic rings. The van der Waals surface area contributed by atoms with Crippen LogP contribution in [0.25, 0.3) is 0 Å². The van der Waals surface area contributed by atoms with Crippen LogP contribution in [0.4, 0.5) is 13.2 Å². The standard InChI is InChI=1S/C14H18F3N2O/c1-18-7-9-19(10-8-18)6-5-12-3-2-4-13(11-12)20-14(15,16)17/h2-5,11H,6-10H2,1H3. The van der Waals surface area contributed by atoms with Crippen LogP contribution in [0.15, 0.2) is 24.3 Å². The molecule has 0 atom stereocenters. The molecule has 1 aromatic carbocycles. The highest BCUT2D eigenvalue weighted by Gasteiger charge is 2.31. The molecule has 0 amide bonds. The van der Waals surface area contributed by atoms with E-state index in [0.29, 0.717) is 0 Å². The number of nitrogens with zero attached hydrogens (tertiary/aromatic N) is 2. The third kappa shape index (κ3) is 5.02. The molecule has 0 N–H and O–H groups in total. The first kappa shape index (κ1) is 15.1. The van der Waals surface area contributed by atoms with Gasteiger partial charge in [-0.3, -0.25) is 0 Å². The van der Waals surface area contributed by atoms with Crippen molar-refractivity contribution in [2.24, 2.45) is 0 Å². The number of hydrogen-bond donors (Lipinski definition) is 0. The number of hydrogen-bond acceptors (Lipinski definition) is 3. The molecule has 1 aliphatic rings. The van der Waals surface area contributed by atoms with Gasteiger partial charge in [0.2, 0.25) is 0 Å². The minimum atomic E-state index is -4.64. The van der Waals surface area contributed by atoms with E-state index < -0.39 is 6.36 Å². The summed E-state index contributed by atoms with van der Waals surface area (Å²) in [4.78, 5) is 4.53. The van der Waals surface area contributed by atoms with Crippen molar-refractivity contribution in [3.05, 3.63) is 36.2 Å². The van der Waals surface area contributed by atoms with E-state index in [1.807, 2.05) is 6.42 Å². The average Bonchev–Trinajstić information content (AvgIpc) is 2.36. The van der Waals surface area contributed by atoms with Crippen LogP contribution < -0.4 is 4.74 Å². The lowest BCUT2D eigenvalue weighted by atomic mass is 10.1. The Morgan fingerprint density at radius 2 is 1.90 bits per heavy atom. The van der Waals surface area contributed by atoms with E-state index in [1.165, 1.54) is 12.1 Å². The lowest BCUT2D eigenvalue weighted by molar-refractivity contribution is -0.274. The predicted octanol–water partition coefficient (Wildman–Crippen LogP) is 2.38. The van der Waals surface area contributed by atoms with E-state index >= 15 is 0 Å². The van der Waals surface area contributed by atoms with Crippen LogP contribution in [-0.2, 0) is 0 Å². The molecule has 0 aromatic heterocycles. The summed E-state index contributed by atoms with van der Waals surface area (Å²) in [6, 6.07) is 6.06. The first-order valence-electron chi connectivity index (χ1n) is 6.52. The Bertz CT molecular complexity index is 429. The van der Waals surface area contributed by atoms with Crippen LogP contribution in [0.3, 0.4) is 0 Å². The van der Waals surface area contributed by atoms with Crippen molar-refractivity contribution in [1.29, 1.82) is 0 Å². The second kappa shape index (κ2) is 6.45. The molecular formula is C14H18F3N2O. The van der Waals surface area contributed by atoms with Crippen molar-refractivity contribution in [2.75, 3.05) is 39.8 Å². The molecule has 3 nitrogen and oxygen atoms in total. The molecule has 1 fully saturated rings. The SMILES string of the molecule is CN1CCN(C[CH]c2cccc(OC(F)(F)F)c2)CC1. The van der Waals surface area contributed by atoms with Crippen LogP contribution in [0.5, 0.6) is 5.75 Å². The molecule has 2 rings (SSSR count). The number of alkyl halides is 3. The summed E-state index contributed by atoms with van der Waals surface area (Å²) in [5.41, 5.74) is 0.741. The predicted molar refractivity (Wildman–Crippen MR) is 70.5 cm³/mol. The maximum absolute atomic E-state index is 12.1. The summed E-state index contributed by atoms with van der Waals surface area (Å²) in [6.07, 6.45) is -2.72. The number of ether oxygens (including phenoxy) is 1. The smallest absolute Gasteiger partial charge is 0.406 e. The van der Waals surface area contributed by atoms with Crippen molar-refractivity contribution in [2.45, 2.75) is 6.36 Å². The van der Waals surface area contributed by atoms with Gasteiger partial charge in [-0.2, -0.15) is 0 Å². The Kier molecular flexibility index (Phi) is 4.88. The topological polar surface area (TPSA) is 15.7 Å².